The monoisotopic (exact) mass is 496 g/mol. The molecule has 2 aromatic carbocycles. The van der Waals surface area contributed by atoms with E-state index in [1.165, 1.54) is 0 Å². The van der Waals surface area contributed by atoms with Crippen molar-refractivity contribution < 1.29 is 18.8 Å². The molecular weight excluding hydrogens is 468 g/mol. The molecule has 0 spiro atoms. The van der Waals surface area contributed by atoms with Crippen molar-refractivity contribution in [2.24, 2.45) is 5.92 Å². The van der Waals surface area contributed by atoms with Gasteiger partial charge in [-0.25, -0.2) is 4.79 Å². The molecule has 2 amide bonds. The van der Waals surface area contributed by atoms with Gasteiger partial charge in [0.05, 0.1) is 25.8 Å². The Labute approximate surface area is 209 Å². The number of nitrogens with one attached hydrogen (secondary N) is 1. The highest BCUT2D eigenvalue weighted by molar-refractivity contribution is 6.30. The predicted molar refractivity (Wildman–Crippen MR) is 134 cm³/mol. The molecule has 0 fully saturated rings. The molecule has 0 radical (unpaired) electrons. The molecule has 1 aliphatic heterocycles. The van der Waals surface area contributed by atoms with Crippen molar-refractivity contribution in [3.05, 3.63) is 64.6 Å². The predicted octanol–water partition coefficient (Wildman–Crippen LogP) is 5.95. The Bertz CT molecular complexity index is 1240. The standard InChI is InChI=1S/C26H29ClN4O4/c1-15(2)12-13-31-16(3)22(23(28-26(31)32)17-6-9-19(27)10-7-17)25-29-24(30-35-25)18-8-11-20(33-4)21(14-18)34-5/h6-11,14-15,23H,12-13H2,1-5H3,(H,28,32). The number of amides is 2. The van der Waals surface area contributed by atoms with E-state index in [2.05, 4.69) is 24.3 Å². The molecule has 1 atom stereocenters. The SMILES string of the molecule is COc1ccc(-c2noc(C3=C(C)N(CCC(C)C)C(=O)NC3c3ccc(Cl)cc3)n2)cc1OC. The van der Waals surface area contributed by atoms with Gasteiger partial charge >= 0.3 is 6.03 Å². The third-order valence-corrected chi connectivity index (χ3v) is 6.28. The van der Waals surface area contributed by atoms with Crippen LogP contribution in [-0.2, 0) is 0 Å². The van der Waals surface area contributed by atoms with E-state index in [-0.39, 0.29) is 6.03 Å². The summed E-state index contributed by atoms with van der Waals surface area (Å²) in [5.41, 5.74) is 3.11. The fraction of sp³-hybridized carbons (Fsp3) is 0.346. The van der Waals surface area contributed by atoms with Gasteiger partial charge in [0.15, 0.2) is 11.5 Å². The second-order valence-electron chi connectivity index (χ2n) is 8.76. The number of hydrogen-bond donors (Lipinski definition) is 1. The third kappa shape index (κ3) is 5.12. The molecule has 0 saturated carbocycles. The van der Waals surface area contributed by atoms with E-state index < -0.39 is 6.04 Å². The Morgan fingerprint density at radius 3 is 2.49 bits per heavy atom. The van der Waals surface area contributed by atoms with Crippen LogP contribution in [-0.4, -0.2) is 41.8 Å². The topological polar surface area (TPSA) is 89.7 Å². The van der Waals surface area contributed by atoms with Crippen molar-refractivity contribution in [1.29, 1.82) is 0 Å². The summed E-state index contributed by atoms with van der Waals surface area (Å²) in [6, 6.07) is 12.2. The van der Waals surface area contributed by atoms with E-state index >= 15 is 0 Å². The first-order chi connectivity index (χ1) is 16.8. The fourth-order valence-electron chi connectivity index (χ4n) is 4.05. The van der Waals surface area contributed by atoms with Crippen LogP contribution in [0.4, 0.5) is 4.79 Å². The van der Waals surface area contributed by atoms with Gasteiger partial charge in [-0.05, 0) is 55.2 Å². The second kappa shape index (κ2) is 10.4. The number of benzene rings is 2. The number of hydrogen-bond acceptors (Lipinski definition) is 6. The number of nitrogens with zero attached hydrogens (tertiary/aromatic N) is 3. The lowest BCUT2D eigenvalue weighted by molar-refractivity contribution is 0.202. The number of carbonyl (C=O) groups excluding carboxylic acids is 1. The molecule has 4 rings (SSSR count). The van der Waals surface area contributed by atoms with Crippen LogP contribution in [0.1, 0.15) is 44.7 Å². The number of allylic oxidation sites excluding steroid dienone is 1. The van der Waals surface area contributed by atoms with E-state index in [4.69, 9.17) is 30.6 Å². The number of halogens is 1. The van der Waals surface area contributed by atoms with Crippen molar-refractivity contribution in [1.82, 2.24) is 20.4 Å². The number of aromatic nitrogens is 2. The summed E-state index contributed by atoms with van der Waals surface area (Å²) in [5, 5.41) is 7.94. The highest BCUT2D eigenvalue weighted by Crippen LogP contribution is 2.38. The first-order valence-corrected chi connectivity index (χ1v) is 11.8. The lowest BCUT2D eigenvalue weighted by Crippen LogP contribution is -2.46. The zero-order valence-corrected chi connectivity index (χ0v) is 21.2. The lowest BCUT2D eigenvalue weighted by Gasteiger charge is -2.35. The van der Waals surface area contributed by atoms with E-state index in [0.717, 1.165) is 28.8 Å². The smallest absolute Gasteiger partial charge is 0.322 e. The molecule has 1 N–H and O–H groups in total. The van der Waals surface area contributed by atoms with E-state index in [1.807, 2.05) is 25.1 Å². The highest BCUT2D eigenvalue weighted by atomic mass is 35.5. The zero-order chi connectivity index (χ0) is 25.1. The maximum absolute atomic E-state index is 13.1. The van der Waals surface area contributed by atoms with Crippen LogP contribution >= 0.6 is 11.6 Å². The molecule has 1 aromatic heterocycles. The number of methoxy groups -OCH3 is 2. The summed E-state index contributed by atoms with van der Waals surface area (Å²) in [6.45, 7) is 6.76. The van der Waals surface area contributed by atoms with Gasteiger partial charge in [-0.2, -0.15) is 4.98 Å². The van der Waals surface area contributed by atoms with Gasteiger partial charge in [0.1, 0.15) is 0 Å². The summed E-state index contributed by atoms with van der Waals surface area (Å²) in [7, 11) is 3.16. The molecule has 35 heavy (non-hydrogen) atoms. The van der Waals surface area contributed by atoms with Crippen molar-refractivity contribution in [2.45, 2.75) is 33.2 Å². The molecule has 0 saturated heterocycles. The molecule has 1 aliphatic rings. The normalized spacial score (nSPS) is 16.0. The Morgan fingerprint density at radius 1 is 1.11 bits per heavy atom. The van der Waals surface area contributed by atoms with Crippen LogP contribution < -0.4 is 14.8 Å². The number of ether oxygens (including phenoxy) is 2. The molecule has 184 valence electrons. The summed E-state index contributed by atoms with van der Waals surface area (Å²) < 4.78 is 16.5. The number of urea groups is 1. The minimum Gasteiger partial charge on any atom is -0.493 e. The summed E-state index contributed by atoms with van der Waals surface area (Å²) in [4.78, 5) is 19.5. The molecule has 0 aliphatic carbocycles. The first kappa shape index (κ1) is 24.6. The van der Waals surface area contributed by atoms with E-state index in [9.17, 15) is 4.79 Å². The second-order valence-corrected chi connectivity index (χ2v) is 9.20. The largest absolute Gasteiger partial charge is 0.493 e. The Balaban J connectivity index is 1.78. The Hall–Kier alpha value is -3.52. The van der Waals surface area contributed by atoms with Crippen molar-refractivity contribution >= 4 is 23.2 Å². The van der Waals surface area contributed by atoms with Gasteiger partial charge < -0.3 is 19.3 Å². The molecule has 2 heterocycles. The Morgan fingerprint density at radius 2 is 1.83 bits per heavy atom. The molecule has 3 aromatic rings. The van der Waals surface area contributed by atoms with Gasteiger partial charge in [-0.3, -0.25) is 4.90 Å². The first-order valence-electron chi connectivity index (χ1n) is 11.4. The zero-order valence-electron chi connectivity index (χ0n) is 20.5. The van der Waals surface area contributed by atoms with Crippen molar-refractivity contribution in [2.75, 3.05) is 20.8 Å². The van der Waals surface area contributed by atoms with Crippen molar-refractivity contribution in [3.8, 4) is 22.9 Å². The van der Waals surface area contributed by atoms with Gasteiger partial charge in [0.2, 0.25) is 5.82 Å². The van der Waals surface area contributed by atoms with Crippen LogP contribution in [0, 0.1) is 5.92 Å². The average molecular weight is 497 g/mol. The van der Waals surface area contributed by atoms with Gasteiger partial charge in [0.25, 0.3) is 5.89 Å². The van der Waals surface area contributed by atoms with E-state index in [1.54, 1.807) is 43.4 Å². The fourth-order valence-corrected chi connectivity index (χ4v) is 4.17. The van der Waals surface area contributed by atoms with Crippen LogP contribution in [0.25, 0.3) is 17.0 Å². The maximum atomic E-state index is 13.1. The minimum absolute atomic E-state index is 0.161. The lowest BCUT2D eigenvalue weighted by atomic mass is 9.94. The number of carbonyl (C=O) groups is 1. The van der Waals surface area contributed by atoms with E-state index in [0.29, 0.717) is 40.7 Å². The molecule has 1 unspecified atom stereocenters. The molecule has 8 nitrogen and oxygen atoms in total. The van der Waals surface area contributed by atoms with Gasteiger partial charge in [-0.1, -0.05) is 42.7 Å². The van der Waals surface area contributed by atoms with Crippen LogP contribution in [0.15, 0.2) is 52.7 Å². The van der Waals surface area contributed by atoms with Crippen molar-refractivity contribution in [3.63, 3.8) is 0 Å². The summed E-state index contributed by atoms with van der Waals surface area (Å²) in [5.74, 6) is 2.37. The van der Waals surface area contributed by atoms with Crippen LogP contribution in [0.2, 0.25) is 5.02 Å². The molecular formula is C26H29ClN4O4. The van der Waals surface area contributed by atoms with Crippen LogP contribution in [0.5, 0.6) is 11.5 Å². The Kier molecular flexibility index (Phi) is 7.31. The summed E-state index contributed by atoms with van der Waals surface area (Å²) in [6.07, 6.45) is 0.865. The quantitative estimate of drug-likeness (QED) is 0.414. The van der Waals surface area contributed by atoms with Gasteiger partial charge in [0, 0.05) is 22.8 Å². The highest BCUT2D eigenvalue weighted by Gasteiger charge is 2.35. The summed E-state index contributed by atoms with van der Waals surface area (Å²) >= 11 is 6.11. The van der Waals surface area contributed by atoms with Crippen LogP contribution in [0.3, 0.4) is 0 Å². The molecule has 0 bridgehead atoms. The number of rotatable bonds is 8. The average Bonchev–Trinajstić information content (AvgIpc) is 3.33. The molecule has 9 heteroatoms. The third-order valence-electron chi connectivity index (χ3n) is 6.03. The minimum atomic E-state index is -0.464. The van der Waals surface area contributed by atoms with Gasteiger partial charge in [-0.15, -0.1) is 0 Å². The maximum Gasteiger partial charge on any atom is 0.322 e.